The topological polar surface area (TPSA) is 103 Å². The van der Waals surface area contributed by atoms with E-state index in [1.807, 2.05) is 26.0 Å². The van der Waals surface area contributed by atoms with Crippen LogP contribution in [0, 0.1) is 20.8 Å². The molecule has 12 heteroatoms. The SMILES string of the molecule is Cc1ccc(Nc2ncc3c(n2)N(C2CCCCC2)C(=O)N(c2cc(NC(=O)c4ccc(C)c(C(F)(F)F)c4)ccc2C)C3)cn1. The highest BCUT2D eigenvalue weighted by Crippen LogP contribution is 2.38. The summed E-state index contributed by atoms with van der Waals surface area (Å²) in [7, 11) is 0. The van der Waals surface area contributed by atoms with Crippen molar-refractivity contribution in [3.05, 3.63) is 94.4 Å². The maximum Gasteiger partial charge on any atom is 0.416 e. The minimum atomic E-state index is -4.58. The minimum absolute atomic E-state index is 0.0344. The Balaban J connectivity index is 1.31. The molecule has 3 heterocycles. The molecule has 46 heavy (non-hydrogen) atoms. The van der Waals surface area contributed by atoms with Gasteiger partial charge >= 0.3 is 12.2 Å². The van der Waals surface area contributed by atoms with Crippen LogP contribution in [0.25, 0.3) is 0 Å². The molecular weight excluding hydrogens is 595 g/mol. The fraction of sp³-hybridized carbons (Fsp3) is 0.324. The van der Waals surface area contributed by atoms with Crippen molar-refractivity contribution in [2.24, 2.45) is 0 Å². The van der Waals surface area contributed by atoms with Gasteiger partial charge in [0.1, 0.15) is 5.82 Å². The Hall–Kier alpha value is -5.00. The van der Waals surface area contributed by atoms with Crippen LogP contribution in [0.4, 0.5) is 46.8 Å². The fourth-order valence-electron chi connectivity index (χ4n) is 6.01. The zero-order chi connectivity index (χ0) is 32.6. The van der Waals surface area contributed by atoms with E-state index < -0.39 is 17.6 Å². The first-order valence-electron chi connectivity index (χ1n) is 15.2. The van der Waals surface area contributed by atoms with Gasteiger partial charge in [-0.1, -0.05) is 31.4 Å². The van der Waals surface area contributed by atoms with Gasteiger partial charge in [-0.15, -0.1) is 0 Å². The molecule has 2 N–H and O–H groups in total. The van der Waals surface area contributed by atoms with Crippen molar-refractivity contribution < 1.29 is 22.8 Å². The first-order chi connectivity index (χ1) is 22.0. The summed E-state index contributed by atoms with van der Waals surface area (Å²) in [5.41, 5.74) is 3.16. The molecule has 0 atom stereocenters. The smallest absolute Gasteiger partial charge is 0.323 e. The van der Waals surface area contributed by atoms with Crippen LogP contribution >= 0.6 is 0 Å². The average Bonchev–Trinajstić information content (AvgIpc) is 3.03. The van der Waals surface area contributed by atoms with Gasteiger partial charge < -0.3 is 10.6 Å². The summed E-state index contributed by atoms with van der Waals surface area (Å²) in [6.07, 6.45) is 3.65. The van der Waals surface area contributed by atoms with Crippen LogP contribution in [-0.4, -0.2) is 32.9 Å². The summed E-state index contributed by atoms with van der Waals surface area (Å²) in [5.74, 6) is 0.237. The van der Waals surface area contributed by atoms with Gasteiger partial charge in [-0.3, -0.25) is 19.6 Å². The molecule has 3 amide bonds. The Morgan fingerprint density at radius 2 is 1.63 bits per heavy atom. The van der Waals surface area contributed by atoms with E-state index in [-0.39, 0.29) is 29.7 Å². The highest BCUT2D eigenvalue weighted by molar-refractivity contribution is 6.08. The third-order valence-corrected chi connectivity index (χ3v) is 8.51. The molecule has 2 aliphatic rings. The lowest BCUT2D eigenvalue weighted by Crippen LogP contribution is -2.53. The molecule has 0 unspecified atom stereocenters. The monoisotopic (exact) mass is 629 g/mol. The van der Waals surface area contributed by atoms with Crippen molar-refractivity contribution in [1.82, 2.24) is 15.0 Å². The lowest BCUT2D eigenvalue weighted by molar-refractivity contribution is -0.138. The van der Waals surface area contributed by atoms with Gasteiger partial charge in [-0.2, -0.15) is 18.2 Å². The molecule has 1 aliphatic carbocycles. The molecule has 1 saturated carbocycles. The van der Waals surface area contributed by atoms with Gasteiger partial charge in [0.15, 0.2) is 0 Å². The van der Waals surface area contributed by atoms with Crippen LogP contribution in [0.3, 0.4) is 0 Å². The molecule has 238 valence electrons. The van der Waals surface area contributed by atoms with Crippen LogP contribution in [0.15, 0.2) is 60.9 Å². The van der Waals surface area contributed by atoms with E-state index in [0.717, 1.165) is 60.7 Å². The van der Waals surface area contributed by atoms with Crippen LogP contribution in [0.1, 0.15) is 70.4 Å². The molecule has 1 aliphatic heterocycles. The Morgan fingerprint density at radius 1 is 0.891 bits per heavy atom. The number of rotatable bonds is 6. The van der Waals surface area contributed by atoms with E-state index in [1.165, 1.54) is 19.1 Å². The summed E-state index contributed by atoms with van der Waals surface area (Å²) >= 11 is 0. The van der Waals surface area contributed by atoms with E-state index >= 15 is 0 Å². The predicted molar refractivity (Wildman–Crippen MR) is 171 cm³/mol. The Labute approximate surface area is 264 Å². The Bertz CT molecular complexity index is 1790. The number of anilines is 5. The van der Waals surface area contributed by atoms with E-state index in [2.05, 4.69) is 20.6 Å². The molecule has 1 fully saturated rings. The number of nitrogens with one attached hydrogen (secondary N) is 2. The number of amides is 3. The van der Waals surface area contributed by atoms with E-state index in [4.69, 9.17) is 4.98 Å². The maximum atomic E-state index is 14.3. The van der Waals surface area contributed by atoms with Crippen LogP contribution in [-0.2, 0) is 12.7 Å². The molecule has 4 aromatic rings. The Kier molecular flexibility index (Phi) is 8.37. The maximum absolute atomic E-state index is 14.3. The quantitative estimate of drug-likeness (QED) is 0.224. The van der Waals surface area contributed by atoms with Gasteiger partial charge in [0, 0.05) is 34.7 Å². The summed E-state index contributed by atoms with van der Waals surface area (Å²) in [6, 6.07) is 12.1. The van der Waals surface area contributed by atoms with Crippen molar-refractivity contribution in [1.29, 1.82) is 0 Å². The molecular formula is C34H34F3N7O2. The molecule has 0 radical (unpaired) electrons. The first kappa shape index (κ1) is 31.0. The summed E-state index contributed by atoms with van der Waals surface area (Å²) in [5, 5.41) is 5.90. The molecule has 0 saturated heterocycles. The number of nitrogens with zero attached hydrogens (tertiary/aromatic N) is 5. The molecule has 2 aromatic carbocycles. The second kappa shape index (κ2) is 12.4. The largest absolute Gasteiger partial charge is 0.416 e. The van der Waals surface area contributed by atoms with Gasteiger partial charge in [0.2, 0.25) is 5.95 Å². The number of benzene rings is 2. The number of carbonyl (C=O) groups excluding carboxylic acids is 2. The first-order valence-corrected chi connectivity index (χ1v) is 15.2. The van der Waals surface area contributed by atoms with Crippen molar-refractivity contribution >= 4 is 40.8 Å². The summed E-state index contributed by atoms with van der Waals surface area (Å²) < 4.78 is 40.4. The fourth-order valence-corrected chi connectivity index (χ4v) is 6.01. The number of hydrogen-bond donors (Lipinski definition) is 2. The number of alkyl halides is 3. The van der Waals surface area contributed by atoms with Crippen molar-refractivity contribution in [3.8, 4) is 0 Å². The highest BCUT2D eigenvalue weighted by Gasteiger charge is 2.38. The van der Waals surface area contributed by atoms with E-state index in [0.29, 0.717) is 23.1 Å². The van der Waals surface area contributed by atoms with Crippen LogP contribution in [0.5, 0.6) is 0 Å². The average molecular weight is 630 g/mol. The van der Waals surface area contributed by atoms with Crippen molar-refractivity contribution in [3.63, 3.8) is 0 Å². The molecule has 0 bridgehead atoms. The Morgan fingerprint density at radius 3 is 2.35 bits per heavy atom. The number of urea groups is 1. The number of aromatic nitrogens is 3. The normalized spacial score (nSPS) is 15.5. The standard InChI is InChI=1S/C34H34F3N7O2/c1-20-9-12-23(15-28(20)34(35,36)37)31(45)40-25-13-10-21(2)29(16-25)43-19-24-17-39-32(41-26-14-11-22(3)38-18-26)42-30(24)44(33(43)46)27-7-5-4-6-8-27/h9-18,27H,4-8,19H2,1-3H3,(H,40,45)(H,39,41,42). The lowest BCUT2D eigenvalue weighted by atomic mass is 9.93. The van der Waals surface area contributed by atoms with Crippen LogP contribution < -0.4 is 20.4 Å². The summed E-state index contributed by atoms with van der Waals surface area (Å²) in [6.45, 7) is 5.32. The van der Waals surface area contributed by atoms with Gasteiger partial charge in [0.25, 0.3) is 5.91 Å². The third-order valence-electron chi connectivity index (χ3n) is 8.51. The lowest BCUT2D eigenvalue weighted by Gasteiger charge is -2.42. The number of carbonyl (C=O) groups is 2. The summed E-state index contributed by atoms with van der Waals surface area (Å²) in [4.78, 5) is 44.5. The zero-order valence-corrected chi connectivity index (χ0v) is 25.8. The van der Waals surface area contributed by atoms with Crippen molar-refractivity contribution in [2.75, 3.05) is 20.4 Å². The van der Waals surface area contributed by atoms with Gasteiger partial charge in [-0.25, -0.2) is 9.78 Å². The number of hydrogen-bond acceptors (Lipinski definition) is 6. The van der Waals surface area contributed by atoms with Crippen LogP contribution in [0.2, 0.25) is 0 Å². The highest BCUT2D eigenvalue weighted by atomic mass is 19.4. The van der Waals surface area contributed by atoms with Gasteiger partial charge in [0.05, 0.1) is 29.7 Å². The molecule has 2 aromatic heterocycles. The zero-order valence-electron chi connectivity index (χ0n) is 25.8. The molecule has 6 rings (SSSR count). The van der Waals surface area contributed by atoms with Crippen molar-refractivity contribution in [2.45, 2.75) is 71.6 Å². The predicted octanol–water partition coefficient (Wildman–Crippen LogP) is 8.09. The second-order valence-corrected chi connectivity index (χ2v) is 11.9. The molecule has 0 spiro atoms. The minimum Gasteiger partial charge on any atom is -0.323 e. The van der Waals surface area contributed by atoms with E-state index in [9.17, 15) is 22.8 Å². The van der Waals surface area contributed by atoms with E-state index in [1.54, 1.807) is 40.4 Å². The number of halogens is 3. The number of aryl methyl sites for hydroxylation is 3. The number of fused-ring (bicyclic) bond motifs is 1. The third kappa shape index (κ3) is 6.37. The van der Waals surface area contributed by atoms with Gasteiger partial charge in [-0.05, 0) is 81.1 Å². The second-order valence-electron chi connectivity index (χ2n) is 11.9. The number of pyridine rings is 1. The molecule has 9 nitrogen and oxygen atoms in total.